The van der Waals surface area contributed by atoms with E-state index in [1.54, 1.807) is 31.2 Å². The van der Waals surface area contributed by atoms with Gasteiger partial charge in [-0.3, -0.25) is 9.59 Å². The molecule has 0 saturated heterocycles. The zero-order chi connectivity index (χ0) is 21.5. The summed E-state index contributed by atoms with van der Waals surface area (Å²) >= 11 is 0. The van der Waals surface area contributed by atoms with Crippen LogP contribution in [0.2, 0.25) is 0 Å². The molecule has 0 heterocycles. The molecule has 0 saturated carbocycles. The smallest absolute Gasteiger partial charge is 0.265 e. The minimum absolute atomic E-state index is 0.252. The monoisotopic (exact) mass is 402 g/mol. The Balaban J connectivity index is 1.65. The maximum atomic E-state index is 12.7. The van der Waals surface area contributed by atoms with Crippen LogP contribution in [0.1, 0.15) is 34.0 Å². The lowest BCUT2D eigenvalue weighted by Crippen LogP contribution is -2.31. The van der Waals surface area contributed by atoms with Crippen molar-refractivity contribution in [1.29, 1.82) is 0 Å². The maximum Gasteiger partial charge on any atom is 0.265 e. The molecule has 0 unspecified atom stereocenters. The van der Waals surface area contributed by atoms with Crippen LogP contribution in [-0.4, -0.2) is 17.9 Å². The molecule has 0 aromatic heterocycles. The lowest BCUT2D eigenvalue weighted by atomic mass is 10.1. The Kier molecular flexibility index (Phi) is 6.86. The van der Waals surface area contributed by atoms with Gasteiger partial charge in [-0.15, -0.1) is 0 Å². The van der Waals surface area contributed by atoms with Crippen molar-refractivity contribution in [2.75, 3.05) is 5.32 Å². The van der Waals surface area contributed by atoms with Gasteiger partial charge >= 0.3 is 0 Å². The second-order valence-electron chi connectivity index (χ2n) is 7.29. The van der Waals surface area contributed by atoms with Crippen LogP contribution < -0.4 is 15.4 Å². The number of rotatable bonds is 7. The second kappa shape index (κ2) is 9.74. The molecule has 0 aliphatic carbocycles. The fourth-order valence-electron chi connectivity index (χ4n) is 3.16. The predicted octanol–water partition coefficient (Wildman–Crippen LogP) is 4.64. The second-order valence-corrected chi connectivity index (χ2v) is 7.29. The first-order chi connectivity index (χ1) is 14.4. The predicted molar refractivity (Wildman–Crippen MR) is 119 cm³/mol. The van der Waals surface area contributed by atoms with E-state index in [1.165, 1.54) is 0 Å². The summed E-state index contributed by atoms with van der Waals surface area (Å²) < 4.78 is 5.80. The van der Waals surface area contributed by atoms with E-state index in [0.717, 1.165) is 16.7 Å². The Morgan fingerprint density at radius 1 is 0.900 bits per heavy atom. The Morgan fingerprint density at radius 2 is 1.53 bits per heavy atom. The molecule has 3 aromatic carbocycles. The fourth-order valence-corrected chi connectivity index (χ4v) is 3.16. The maximum absolute atomic E-state index is 12.7. The third kappa shape index (κ3) is 5.70. The van der Waals surface area contributed by atoms with Crippen molar-refractivity contribution >= 4 is 17.5 Å². The van der Waals surface area contributed by atoms with Crippen LogP contribution in [0.15, 0.2) is 72.8 Å². The summed E-state index contributed by atoms with van der Waals surface area (Å²) in [6.45, 7) is 6.06. The molecule has 5 nitrogen and oxygen atoms in total. The number of amides is 2. The number of nitrogens with one attached hydrogen (secondary N) is 2. The van der Waals surface area contributed by atoms with Gasteiger partial charge < -0.3 is 15.4 Å². The van der Waals surface area contributed by atoms with Gasteiger partial charge in [0.05, 0.1) is 11.3 Å². The number of aryl methyl sites for hydroxylation is 2. The summed E-state index contributed by atoms with van der Waals surface area (Å²) in [6.07, 6.45) is -0.716. The first-order valence-electron chi connectivity index (χ1n) is 9.89. The normalized spacial score (nSPS) is 11.4. The number of carbonyl (C=O) groups excluding carboxylic acids is 2. The van der Waals surface area contributed by atoms with Crippen molar-refractivity contribution < 1.29 is 14.3 Å². The van der Waals surface area contributed by atoms with E-state index in [2.05, 4.69) is 10.6 Å². The van der Waals surface area contributed by atoms with Crippen molar-refractivity contribution in [3.63, 3.8) is 0 Å². The van der Waals surface area contributed by atoms with E-state index >= 15 is 0 Å². The highest BCUT2D eigenvalue weighted by molar-refractivity contribution is 6.04. The molecule has 0 aliphatic rings. The van der Waals surface area contributed by atoms with Gasteiger partial charge in [0, 0.05) is 6.54 Å². The first-order valence-corrected chi connectivity index (χ1v) is 9.89. The van der Waals surface area contributed by atoms with Crippen LogP contribution >= 0.6 is 0 Å². The van der Waals surface area contributed by atoms with Crippen LogP contribution in [0.5, 0.6) is 5.75 Å². The Morgan fingerprint density at radius 3 is 2.23 bits per heavy atom. The fraction of sp³-hybridized carbons (Fsp3) is 0.200. The highest BCUT2D eigenvalue weighted by Gasteiger charge is 2.18. The summed E-state index contributed by atoms with van der Waals surface area (Å²) in [5, 5.41) is 5.70. The largest absolute Gasteiger partial charge is 0.481 e. The van der Waals surface area contributed by atoms with E-state index in [0.29, 0.717) is 23.5 Å². The summed E-state index contributed by atoms with van der Waals surface area (Å²) in [5.74, 6) is 0.0686. The standard InChI is InChI=1S/C25H26N2O3/c1-17-13-18(2)15-21(14-17)30-19(3)24(28)27-23-12-8-7-11-22(23)25(29)26-16-20-9-5-4-6-10-20/h4-15,19H,16H2,1-3H3,(H,26,29)(H,27,28)/t19-/m0/s1. The molecule has 2 N–H and O–H groups in total. The van der Waals surface area contributed by atoms with Crippen LogP contribution in [0, 0.1) is 13.8 Å². The average Bonchev–Trinajstić information content (AvgIpc) is 2.72. The topological polar surface area (TPSA) is 67.4 Å². The molecule has 2 amide bonds. The molecular weight excluding hydrogens is 376 g/mol. The summed E-state index contributed by atoms with van der Waals surface area (Å²) in [6, 6.07) is 22.4. The Hall–Kier alpha value is -3.60. The van der Waals surface area contributed by atoms with Crippen LogP contribution in [0.3, 0.4) is 0 Å². The molecule has 3 rings (SSSR count). The molecular formula is C25H26N2O3. The zero-order valence-electron chi connectivity index (χ0n) is 17.4. The lowest BCUT2D eigenvalue weighted by molar-refractivity contribution is -0.122. The molecule has 1 atom stereocenters. The van der Waals surface area contributed by atoms with Crippen molar-refractivity contribution in [2.24, 2.45) is 0 Å². The molecule has 0 bridgehead atoms. The molecule has 154 valence electrons. The molecule has 5 heteroatoms. The van der Waals surface area contributed by atoms with Gasteiger partial charge in [-0.25, -0.2) is 0 Å². The number of anilines is 1. The van der Waals surface area contributed by atoms with Gasteiger partial charge in [-0.1, -0.05) is 48.5 Å². The van der Waals surface area contributed by atoms with E-state index in [1.807, 2.05) is 62.4 Å². The Labute approximate surface area is 177 Å². The van der Waals surface area contributed by atoms with Gasteiger partial charge in [0.1, 0.15) is 5.75 Å². The lowest BCUT2D eigenvalue weighted by Gasteiger charge is -2.17. The molecule has 30 heavy (non-hydrogen) atoms. The van der Waals surface area contributed by atoms with Crippen molar-refractivity contribution in [1.82, 2.24) is 5.32 Å². The van der Waals surface area contributed by atoms with E-state index in [9.17, 15) is 9.59 Å². The van der Waals surface area contributed by atoms with Crippen LogP contribution in [-0.2, 0) is 11.3 Å². The number of hydrogen-bond acceptors (Lipinski definition) is 3. The van der Waals surface area contributed by atoms with E-state index < -0.39 is 6.10 Å². The molecule has 0 fully saturated rings. The van der Waals surface area contributed by atoms with Gasteiger partial charge in [0.15, 0.2) is 6.10 Å². The van der Waals surface area contributed by atoms with Gasteiger partial charge in [0.2, 0.25) is 0 Å². The minimum atomic E-state index is -0.716. The number of carbonyl (C=O) groups is 2. The summed E-state index contributed by atoms with van der Waals surface area (Å²) in [5.41, 5.74) is 3.99. The molecule has 3 aromatic rings. The van der Waals surface area contributed by atoms with E-state index in [4.69, 9.17) is 4.74 Å². The van der Waals surface area contributed by atoms with Crippen molar-refractivity contribution in [3.8, 4) is 5.75 Å². The number of benzene rings is 3. The highest BCUT2D eigenvalue weighted by Crippen LogP contribution is 2.19. The summed E-state index contributed by atoms with van der Waals surface area (Å²) in [4.78, 5) is 25.3. The van der Waals surface area contributed by atoms with Crippen molar-refractivity contribution in [3.05, 3.63) is 95.1 Å². The molecule has 0 radical (unpaired) electrons. The quantitative estimate of drug-likeness (QED) is 0.605. The van der Waals surface area contributed by atoms with Crippen LogP contribution in [0.4, 0.5) is 5.69 Å². The first kappa shape index (κ1) is 21.1. The average molecular weight is 402 g/mol. The van der Waals surface area contributed by atoms with Gasteiger partial charge in [0.25, 0.3) is 11.8 Å². The molecule has 0 aliphatic heterocycles. The Bertz CT molecular complexity index is 1010. The van der Waals surface area contributed by atoms with Gasteiger partial charge in [-0.2, -0.15) is 0 Å². The van der Waals surface area contributed by atoms with E-state index in [-0.39, 0.29) is 11.8 Å². The number of ether oxygens (including phenoxy) is 1. The zero-order valence-corrected chi connectivity index (χ0v) is 17.4. The third-order valence-corrected chi connectivity index (χ3v) is 4.60. The minimum Gasteiger partial charge on any atom is -0.481 e. The highest BCUT2D eigenvalue weighted by atomic mass is 16.5. The van der Waals surface area contributed by atoms with Gasteiger partial charge in [-0.05, 0) is 61.7 Å². The van der Waals surface area contributed by atoms with Crippen molar-refractivity contribution in [2.45, 2.75) is 33.4 Å². The third-order valence-electron chi connectivity index (χ3n) is 4.60. The number of para-hydroxylation sites is 1. The summed E-state index contributed by atoms with van der Waals surface area (Å²) in [7, 11) is 0. The molecule has 0 spiro atoms. The number of hydrogen-bond donors (Lipinski definition) is 2. The van der Waals surface area contributed by atoms with Crippen LogP contribution in [0.25, 0.3) is 0 Å². The SMILES string of the molecule is Cc1cc(C)cc(O[C@@H](C)C(=O)Nc2ccccc2C(=O)NCc2ccccc2)c1.